The van der Waals surface area contributed by atoms with Crippen molar-refractivity contribution in [2.75, 3.05) is 6.61 Å². The van der Waals surface area contributed by atoms with E-state index in [1.54, 1.807) is 56.3 Å². The zero-order valence-corrected chi connectivity index (χ0v) is 17.2. The molecule has 0 saturated heterocycles. The molecular weight excluding hydrogens is 394 g/mol. The SMILES string of the molecule is CCOc1ccc(C(=O)N[C@H](C(=O)NNC(=O)c2ccccc2Cl)C(C)C)cc1. The quantitative estimate of drug-likeness (QED) is 0.603. The van der Waals surface area contributed by atoms with Gasteiger partial charge in [0, 0.05) is 5.56 Å². The van der Waals surface area contributed by atoms with Crippen LogP contribution in [-0.2, 0) is 4.79 Å². The van der Waals surface area contributed by atoms with Gasteiger partial charge in [-0.05, 0) is 49.2 Å². The highest BCUT2D eigenvalue weighted by Crippen LogP contribution is 2.15. The van der Waals surface area contributed by atoms with Crippen molar-refractivity contribution in [3.8, 4) is 5.75 Å². The Kier molecular flexibility index (Phi) is 8.03. The van der Waals surface area contributed by atoms with Gasteiger partial charge in [-0.3, -0.25) is 25.2 Å². The molecule has 0 aromatic heterocycles. The summed E-state index contributed by atoms with van der Waals surface area (Å²) in [6.45, 7) is 5.98. The van der Waals surface area contributed by atoms with Crippen molar-refractivity contribution in [1.29, 1.82) is 0 Å². The van der Waals surface area contributed by atoms with Gasteiger partial charge in [-0.15, -0.1) is 0 Å². The number of ether oxygens (including phenoxy) is 1. The van der Waals surface area contributed by atoms with E-state index in [1.165, 1.54) is 6.07 Å². The minimum absolute atomic E-state index is 0.209. The molecule has 3 amide bonds. The number of rotatable bonds is 7. The van der Waals surface area contributed by atoms with E-state index in [0.29, 0.717) is 17.9 Å². The maximum absolute atomic E-state index is 12.5. The lowest BCUT2D eigenvalue weighted by atomic mass is 10.0. The van der Waals surface area contributed by atoms with Gasteiger partial charge in [0.1, 0.15) is 11.8 Å². The van der Waals surface area contributed by atoms with Gasteiger partial charge in [-0.25, -0.2) is 0 Å². The molecule has 3 N–H and O–H groups in total. The summed E-state index contributed by atoms with van der Waals surface area (Å²) in [5, 5.41) is 2.96. The minimum atomic E-state index is -0.847. The molecule has 154 valence electrons. The molecule has 8 heteroatoms. The molecule has 29 heavy (non-hydrogen) atoms. The van der Waals surface area contributed by atoms with Crippen LogP contribution in [0, 0.1) is 5.92 Å². The van der Waals surface area contributed by atoms with E-state index in [-0.39, 0.29) is 16.5 Å². The number of hydrogen-bond donors (Lipinski definition) is 3. The molecule has 0 bridgehead atoms. The largest absolute Gasteiger partial charge is 0.494 e. The van der Waals surface area contributed by atoms with Crippen LogP contribution in [0.15, 0.2) is 48.5 Å². The van der Waals surface area contributed by atoms with Gasteiger partial charge in [-0.2, -0.15) is 0 Å². The molecule has 1 atom stereocenters. The Morgan fingerprint density at radius 3 is 2.21 bits per heavy atom. The average Bonchev–Trinajstić information content (AvgIpc) is 2.70. The Bertz CT molecular complexity index is 868. The van der Waals surface area contributed by atoms with E-state index in [9.17, 15) is 14.4 Å². The van der Waals surface area contributed by atoms with Crippen LogP contribution in [0.1, 0.15) is 41.5 Å². The molecule has 2 aromatic rings. The third kappa shape index (κ3) is 6.22. The highest BCUT2D eigenvalue weighted by molar-refractivity contribution is 6.33. The Hall–Kier alpha value is -3.06. The van der Waals surface area contributed by atoms with Gasteiger partial charge in [0.2, 0.25) is 0 Å². The summed E-state index contributed by atoms with van der Waals surface area (Å²) < 4.78 is 5.35. The number of nitrogens with one attached hydrogen (secondary N) is 3. The number of hydrazine groups is 1. The van der Waals surface area contributed by atoms with Crippen LogP contribution in [0.2, 0.25) is 5.02 Å². The van der Waals surface area contributed by atoms with Crippen LogP contribution in [-0.4, -0.2) is 30.4 Å². The van der Waals surface area contributed by atoms with E-state index in [1.807, 2.05) is 6.92 Å². The summed E-state index contributed by atoms with van der Waals surface area (Å²) in [5.41, 5.74) is 5.28. The molecule has 0 aliphatic rings. The van der Waals surface area contributed by atoms with Crippen LogP contribution in [0.4, 0.5) is 0 Å². The fourth-order valence-corrected chi connectivity index (χ4v) is 2.76. The molecular formula is C21H24ClN3O4. The molecule has 0 aliphatic heterocycles. The van der Waals surface area contributed by atoms with Crippen molar-refractivity contribution in [1.82, 2.24) is 16.2 Å². The number of benzene rings is 2. The highest BCUT2D eigenvalue weighted by Gasteiger charge is 2.25. The van der Waals surface area contributed by atoms with Crippen LogP contribution in [0.5, 0.6) is 5.75 Å². The maximum Gasteiger partial charge on any atom is 0.271 e. The first kappa shape index (κ1) is 22.2. The van der Waals surface area contributed by atoms with E-state index in [2.05, 4.69) is 16.2 Å². The fourth-order valence-electron chi connectivity index (χ4n) is 2.54. The Morgan fingerprint density at radius 1 is 0.966 bits per heavy atom. The molecule has 0 spiro atoms. The third-order valence-corrected chi connectivity index (χ3v) is 4.41. The summed E-state index contributed by atoms with van der Waals surface area (Å²) in [7, 11) is 0. The fraction of sp³-hybridized carbons (Fsp3) is 0.286. The van der Waals surface area contributed by atoms with Crippen LogP contribution >= 0.6 is 11.6 Å². The topological polar surface area (TPSA) is 96.5 Å². The van der Waals surface area contributed by atoms with Gasteiger partial charge >= 0.3 is 0 Å². The first-order valence-electron chi connectivity index (χ1n) is 9.22. The number of hydrogen-bond acceptors (Lipinski definition) is 4. The van der Waals surface area contributed by atoms with E-state index in [4.69, 9.17) is 16.3 Å². The molecule has 0 unspecified atom stereocenters. The normalized spacial score (nSPS) is 11.5. The summed E-state index contributed by atoms with van der Waals surface area (Å²) in [4.78, 5) is 37.2. The van der Waals surface area contributed by atoms with Crippen molar-refractivity contribution < 1.29 is 19.1 Å². The number of halogens is 1. The smallest absolute Gasteiger partial charge is 0.271 e. The monoisotopic (exact) mass is 417 g/mol. The average molecular weight is 418 g/mol. The van der Waals surface area contributed by atoms with Gasteiger partial charge in [0.15, 0.2) is 0 Å². The number of carbonyl (C=O) groups excluding carboxylic acids is 3. The molecule has 0 saturated carbocycles. The lowest BCUT2D eigenvalue weighted by molar-refractivity contribution is -0.124. The van der Waals surface area contributed by atoms with Crippen LogP contribution < -0.4 is 20.9 Å². The molecule has 0 aliphatic carbocycles. The van der Waals surface area contributed by atoms with E-state index in [0.717, 1.165) is 0 Å². The second-order valence-electron chi connectivity index (χ2n) is 6.58. The highest BCUT2D eigenvalue weighted by atomic mass is 35.5. The van der Waals surface area contributed by atoms with E-state index < -0.39 is 23.8 Å². The lowest BCUT2D eigenvalue weighted by Crippen LogP contribution is -2.54. The van der Waals surface area contributed by atoms with Crippen molar-refractivity contribution >= 4 is 29.3 Å². The number of carbonyl (C=O) groups is 3. The molecule has 0 heterocycles. The molecule has 7 nitrogen and oxygen atoms in total. The zero-order chi connectivity index (χ0) is 21.4. The van der Waals surface area contributed by atoms with Crippen molar-refractivity contribution in [3.63, 3.8) is 0 Å². The second-order valence-corrected chi connectivity index (χ2v) is 6.98. The molecule has 2 rings (SSSR count). The van der Waals surface area contributed by atoms with Crippen molar-refractivity contribution in [2.45, 2.75) is 26.8 Å². The van der Waals surface area contributed by atoms with Gasteiger partial charge < -0.3 is 10.1 Å². The first-order valence-corrected chi connectivity index (χ1v) is 9.59. The van der Waals surface area contributed by atoms with Gasteiger partial charge in [0.25, 0.3) is 17.7 Å². The van der Waals surface area contributed by atoms with Crippen LogP contribution in [0.3, 0.4) is 0 Å². The van der Waals surface area contributed by atoms with E-state index >= 15 is 0 Å². The summed E-state index contributed by atoms with van der Waals surface area (Å²) >= 11 is 5.98. The zero-order valence-electron chi connectivity index (χ0n) is 16.5. The predicted molar refractivity (Wildman–Crippen MR) is 111 cm³/mol. The predicted octanol–water partition coefficient (Wildman–Crippen LogP) is 2.95. The molecule has 0 fully saturated rings. The Morgan fingerprint density at radius 2 is 1.62 bits per heavy atom. The molecule has 2 aromatic carbocycles. The molecule has 0 radical (unpaired) electrons. The first-order chi connectivity index (χ1) is 13.8. The van der Waals surface area contributed by atoms with Gasteiger partial charge in [-0.1, -0.05) is 37.6 Å². The van der Waals surface area contributed by atoms with Crippen molar-refractivity contribution in [3.05, 3.63) is 64.7 Å². The Labute approximate surface area is 174 Å². The Balaban J connectivity index is 1.99. The third-order valence-electron chi connectivity index (χ3n) is 4.08. The summed E-state index contributed by atoms with van der Waals surface area (Å²) in [6, 6.07) is 12.2. The summed E-state index contributed by atoms with van der Waals surface area (Å²) in [5.74, 6) is -1.05. The van der Waals surface area contributed by atoms with Gasteiger partial charge in [0.05, 0.1) is 17.2 Å². The second kappa shape index (κ2) is 10.5. The van der Waals surface area contributed by atoms with Crippen LogP contribution in [0.25, 0.3) is 0 Å². The summed E-state index contributed by atoms with van der Waals surface area (Å²) in [6.07, 6.45) is 0. The minimum Gasteiger partial charge on any atom is -0.494 e. The standard InChI is InChI=1S/C21H24ClN3O4/c1-4-29-15-11-9-14(10-12-15)19(26)23-18(13(2)3)21(28)25-24-20(27)16-7-5-6-8-17(16)22/h5-13,18H,4H2,1-3H3,(H,23,26)(H,24,27)(H,25,28)/t18-/m0/s1. The lowest BCUT2D eigenvalue weighted by Gasteiger charge is -2.22. The number of amides is 3. The maximum atomic E-state index is 12.5. The van der Waals surface area contributed by atoms with Crippen molar-refractivity contribution in [2.24, 2.45) is 5.92 Å².